The maximum Gasteiger partial charge on any atom is 0.254 e. The molecule has 1 amide bonds. The van der Waals surface area contributed by atoms with Gasteiger partial charge in [-0.15, -0.1) is 0 Å². The number of aromatic nitrogens is 4. The summed E-state index contributed by atoms with van der Waals surface area (Å²) in [6.45, 7) is 2.87. The summed E-state index contributed by atoms with van der Waals surface area (Å²) in [5.74, 6) is 2.12. The van der Waals surface area contributed by atoms with Crippen LogP contribution in [0, 0.1) is 5.92 Å². The van der Waals surface area contributed by atoms with Crippen LogP contribution in [-0.2, 0) is 12.8 Å². The Morgan fingerprint density at radius 2 is 2.03 bits per heavy atom. The number of benzene rings is 1. The van der Waals surface area contributed by atoms with E-state index in [1.54, 1.807) is 18.0 Å². The number of aryl methyl sites for hydroxylation is 2. The number of hydrogen-bond donors (Lipinski definition) is 1. The van der Waals surface area contributed by atoms with E-state index in [9.17, 15) is 4.79 Å². The van der Waals surface area contributed by atoms with Crippen molar-refractivity contribution >= 4 is 5.91 Å². The second kappa shape index (κ2) is 9.07. The lowest BCUT2D eigenvalue weighted by Gasteiger charge is -2.29. The molecule has 0 radical (unpaired) electrons. The van der Waals surface area contributed by atoms with Crippen molar-refractivity contribution in [2.45, 2.75) is 44.4 Å². The fourth-order valence-corrected chi connectivity index (χ4v) is 5.52. The van der Waals surface area contributed by atoms with Crippen molar-refractivity contribution in [1.29, 1.82) is 0 Å². The highest BCUT2D eigenvalue weighted by molar-refractivity contribution is 5.95. The second-order valence-electron chi connectivity index (χ2n) is 10.2. The summed E-state index contributed by atoms with van der Waals surface area (Å²) in [4.78, 5) is 25.2. The molecule has 6 rings (SSSR count). The second-order valence-corrected chi connectivity index (χ2v) is 10.2. The predicted octanol–water partition coefficient (Wildman–Crippen LogP) is 3.39. The van der Waals surface area contributed by atoms with Crippen molar-refractivity contribution in [3.05, 3.63) is 53.0 Å². The van der Waals surface area contributed by atoms with Crippen LogP contribution in [0.4, 0.5) is 0 Å². The number of methoxy groups -OCH3 is 1. The van der Waals surface area contributed by atoms with Crippen LogP contribution in [0.2, 0.25) is 0 Å². The molecule has 3 aliphatic rings. The van der Waals surface area contributed by atoms with E-state index in [0.29, 0.717) is 29.9 Å². The number of piperidine rings is 1. The van der Waals surface area contributed by atoms with Gasteiger partial charge in [0.1, 0.15) is 5.75 Å². The molecule has 182 valence electrons. The zero-order valence-electron chi connectivity index (χ0n) is 20.5. The third-order valence-electron chi connectivity index (χ3n) is 7.57. The number of likely N-dealkylation sites (tertiary alicyclic amines) is 1. The zero-order chi connectivity index (χ0) is 23.9. The number of hydrogen-bond acceptors (Lipinski definition) is 6. The number of nitrogens with zero attached hydrogens (tertiary/aromatic N) is 5. The summed E-state index contributed by atoms with van der Waals surface area (Å²) in [7, 11) is 3.83. The number of carbonyl (C=O) groups excluding carboxylic acids is 1. The monoisotopic (exact) mass is 472 g/mol. The Morgan fingerprint density at radius 1 is 1.17 bits per heavy atom. The summed E-state index contributed by atoms with van der Waals surface area (Å²) < 4.78 is 7.25. The number of carbonyl (C=O) groups is 1. The molecule has 8 heteroatoms. The maximum atomic E-state index is 13.2. The molecular formula is C27H32N6O2. The lowest BCUT2D eigenvalue weighted by Crippen LogP contribution is -2.39. The predicted molar refractivity (Wildman–Crippen MR) is 133 cm³/mol. The highest BCUT2D eigenvalue weighted by Gasteiger charge is 2.34. The van der Waals surface area contributed by atoms with Gasteiger partial charge in [-0.25, -0.2) is 14.6 Å². The standard InChI is InChI=1S/C27H32N6O2/c1-32-11-3-4-17(16-32)13-28-26(34)23-15-30-33(25(23)19-6-7-19)27-29-14-20-8-5-18-9-10-21(35-2)12-22(18)24(20)31-27/h9-10,12,14-15,17,19H,3-8,11,13,16H2,1-2H3,(H,28,34)/t17-/m0/s1. The largest absolute Gasteiger partial charge is 0.497 e. The number of nitrogens with one attached hydrogen (secondary N) is 1. The molecule has 1 aliphatic heterocycles. The molecule has 1 aromatic carbocycles. The van der Waals surface area contributed by atoms with Crippen LogP contribution in [-0.4, -0.2) is 64.3 Å². The van der Waals surface area contributed by atoms with Gasteiger partial charge < -0.3 is 15.0 Å². The third kappa shape index (κ3) is 4.31. The van der Waals surface area contributed by atoms with Crippen molar-refractivity contribution in [1.82, 2.24) is 30.0 Å². The van der Waals surface area contributed by atoms with Gasteiger partial charge in [-0.1, -0.05) is 6.07 Å². The molecule has 2 aromatic heterocycles. The Balaban J connectivity index is 1.30. The van der Waals surface area contributed by atoms with Crippen LogP contribution < -0.4 is 10.1 Å². The summed E-state index contributed by atoms with van der Waals surface area (Å²) in [6.07, 6.45) is 9.95. The number of fused-ring (bicyclic) bond motifs is 3. The zero-order valence-corrected chi connectivity index (χ0v) is 20.5. The van der Waals surface area contributed by atoms with Crippen LogP contribution in [0.25, 0.3) is 17.2 Å². The van der Waals surface area contributed by atoms with Gasteiger partial charge in [0.2, 0.25) is 0 Å². The van der Waals surface area contributed by atoms with E-state index in [0.717, 1.165) is 73.5 Å². The molecule has 2 fully saturated rings. The van der Waals surface area contributed by atoms with Gasteiger partial charge in [-0.3, -0.25) is 4.79 Å². The van der Waals surface area contributed by atoms with Gasteiger partial charge in [-0.2, -0.15) is 5.10 Å². The Kier molecular flexibility index (Phi) is 5.76. The van der Waals surface area contributed by atoms with Gasteiger partial charge in [0.15, 0.2) is 0 Å². The minimum absolute atomic E-state index is 0.0422. The first-order valence-corrected chi connectivity index (χ1v) is 12.7. The van der Waals surface area contributed by atoms with Crippen molar-refractivity contribution in [2.24, 2.45) is 5.92 Å². The lowest BCUT2D eigenvalue weighted by molar-refractivity contribution is 0.0935. The minimum atomic E-state index is -0.0422. The molecule has 1 saturated carbocycles. The van der Waals surface area contributed by atoms with Gasteiger partial charge in [0, 0.05) is 30.8 Å². The van der Waals surface area contributed by atoms with E-state index in [2.05, 4.69) is 39.5 Å². The molecule has 8 nitrogen and oxygen atoms in total. The summed E-state index contributed by atoms with van der Waals surface area (Å²) >= 11 is 0. The van der Waals surface area contributed by atoms with Crippen LogP contribution >= 0.6 is 0 Å². The van der Waals surface area contributed by atoms with Crippen LogP contribution in [0.3, 0.4) is 0 Å². The van der Waals surface area contributed by atoms with E-state index < -0.39 is 0 Å². The van der Waals surface area contributed by atoms with Crippen molar-refractivity contribution in [3.63, 3.8) is 0 Å². The Hall–Kier alpha value is -3.26. The smallest absolute Gasteiger partial charge is 0.254 e. The highest BCUT2D eigenvalue weighted by Crippen LogP contribution is 2.42. The van der Waals surface area contributed by atoms with E-state index >= 15 is 0 Å². The van der Waals surface area contributed by atoms with Gasteiger partial charge >= 0.3 is 0 Å². The first-order chi connectivity index (χ1) is 17.1. The summed E-state index contributed by atoms with van der Waals surface area (Å²) in [5, 5.41) is 7.79. The first kappa shape index (κ1) is 22.2. The topological polar surface area (TPSA) is 85.2 Å². The number of ether oxygens (including phenoxy) is 1. The van der Waals surface area contributed by atoms with Gasteiger partial charge in [0.25, 0.3) is 11.9 Å². The minimum Gasteiger partial charge on any atom is -0.497 e. The van der Waals surface area contributed by atoms with Gasteiger partial charge in [-0.05, 0) is 81.3 Å². The average molecular weight is 473 g/mol. The molecule has 2 aliphatic carbocycles. The van der Waals surface area contributed by atoms with Crippen molar-refractivity contribution < 1.29 is 9.53 Å². The SMILES string of the molecule is COc1ccc2c(c1)-c1nc(-n3ncc(C(=O)NC[C@@H]4CCCN(C)C4)c3C3CC3)ncc1CC2. The molecule has 0 unspecified atom stereocenters. The Morgan fingerprint density at radius 3 is 2.83 bits per heavy atom. The average Bonchev–Trinajstić information content (AvgIpc) is 3.64. The quantitative estimate of drug-likeness (QED) is 0.592. The number of rotatable bonds is 6. The molecule has 1 N–H and O–H groups in total. The highest BCUT2D eigenvalue weighted by atomic mass is 16.5. The van der Waals surface area contributed by atoms with Crippen molar-refractivity contribution in [2.75, 3.05) is 33.8 Å². The van der Waals surface area contributed by atoms with E-state index in [1.165, 1.54) is 12.0 Å². The van der Waals surface area contributed by atoms with Gasteiger partial charge in [0.05, 0.1) is 30.3 Å². The fraction of sp³-hybridized carbons (Fsp3) is 0.481. The molecule has 3 heterocycles. The first-order valence-electron chi connectivity index (χ1n) is 12.7. The molecule has 1 saturated heterocycles. The Labute approximate surface area is 205 Å². The third-order valence-corrected chi connectivity index (χ3v) is 7.57. The molecular weight excluding hydrogens is 440 g/mol. The summed E-state index contributed by atoms with van der Waals surface area (Å²) in [5.41, 5.74) is 6.00. The van der Waals surface area contributed by atoms with Crippen LogP contribution in [0.1, 0.15) is 58.8 Å². The normalized spacial score (nSPS) is 19.7. The molecule has 0 spiro atoms. The fourth-order valence-electron chi connectivity index (χ4n) is 5.52. The number of amides is 1. The molecule has 35 heavy (non-hydrogen) atoms. The van der Waals surface area contributed by atoms with E-state index in [4.69, 9.17) is 9.72 Å². The molecule has 0 bridgehead atoms. The summed E-state index contributed by atoms with van der Waals surface area (Å²) in [6, 6.07) is 6.17. The maximum absolute atomic E-state index is 13.2. The van der Waals surface area contributed by atoms with E-state index in [1.807, 2.05) is 12.3 Å². The van der Waals surface area contributed by atoms with E-state index in [-0.39, 0.29) is 5.91 Å². The lowest BCUT2D eigenvalue weighted by atomic mass is 9.90. The van der Waals surface area contributed by atoms with Crippen molar-refractivity contribution in [3.8, 4) is 23.0 Å². The molecule has 3 aromatic rings. The van der Waals surface area contributed by atoms with Crippen LogP contribution in [0.15, 0.2) is 30.6 Å². The Bertz CT molecular complexity index is 1260. The molecule has 1 atom stereocenters. The van der Waals surface area contributed by atoms with Crippen LogP contribution in [0.5, 0.6) is 5.75 Å².